The Morgan fingerprint density at radius 3 is 1.74 bits per heavy atom. The van der Waals surface area contributed by atoms with Crippen molar-refractivity contribution < 1.29 is 23.7 Å². The Bertz CT molecular complexity index is 1060. The highest BCUT2D eigenvalue weighted by Gasteiger charge is 2.48. The van der Waals surface area contributed by atoms with Crippen molar-refractivity contribution in [1.29, 1.82) is 0 Å². The third-order valence-electron chi connectivity index (χ3n) is 6.94. The molecule has 1 aliphatic heterocycles. The SMILES string of the molecule is C=CCOC1O[C@H]([C@@H](CC)OCc2ccccc2)[C@@H](C)[C@H](OCc2ccccc2)[C@@H]1OCc1ccccc1. The van der Waals surface area contributed by atoms with Gasteiger partial charge in [0.15, 0.2) is 6.29 Å². The van der Waals surface area contributed by atoms with Gasteiger partial charge in [-0.05, 0) is 23.1 Å². The highest BCUT2D eigenvalue weighted by atomic mass is 16.7. The molecule has 3 aromatic rings. The molecule has 202 valence electrons. The van der Waals surface area contributed by atoms with Crippen LogP contribution in [-0.2, 0) is 43.5 Å². The van der Waals surface area contributed by atoms with Gasteiger partial charge in [-0.1, -0.05) is 111 Å². The van der Waals surface area contributed by atoms with E-state index in [1.807, 2.05) is 54.6 Å². The van der Waals surface area contributed by atoms with Crippen molar-refractivity contribution in [1.82, 2.24) is 0 Å². The lowest BCUT2D eigenvalue weighted by Gasteiger charge is -2.47. The lowest BCUT2D eigenvalue weighted by Crippen LogP contribution is -2.59. The van der Waals surface area contributed by atoms with Gasteiger partial charge in [0.25, 0.3) is 0 Å². The molecule has 5 heteroatoms. The molecule has 1 heterocycles. The zero-order chi connectivity index (χ0) is 26.6. The molecule has 0 saturated carbocycles. The fraction of sp³-hybridized carbons (Fsp3) is 0.394. The summed E-state index contributed by atoms with van der Waals surface area (Å²) in [5.74, 6) is 0.00351. The summed E-state index contributed by atoms with van der Waals surface area (Å²) < 4.78 is 32.3. The Balaban J connectivity index is 1.55. The molecular formula is C33H40O5. The first kappa shape index (κ1) is 28.2. The van der Waals surface area contributed by atoms with Crippen molar-refractivity contribution in [2.45, 2.75) is 70.8 Å². The van der Waals surface area contributed by atoms with Gasteiger partial charge in [-0.15, -0.1) is 6.58 Å². The third-order valence-corrected chi connectivity index (χ3v) is 6.94. The molecule has 4 rings (SSSR count). The van der Waals surface area contributed by atoms with Crippen molar-refractivity contribution in [3.63, 3.8) is 0 Å². The molecule has 0 N–H and O–H groups in total. The molecule has 0 amide bonds. The van der Waals surface area contributed by atoms with E-state index < -0.39 is 12.4 Å². The Morgan fingerprint density at radius 2 is 1.24 bits per heavy atom. The molecule has 3 aromatic carbocycles. The van der Waals surface area contributed by atoms with E-state index in [0.717, 1.165) is 23.1 Å². The predicted octanol–water partition coefficient (Wildman–Crippen LogP) is 6.72. The number of benzene rings is 3. The van der Waals surface area contributed by atoms with Crippen molar-refractivity contribution in [3.05, 3.63) is 120 Å². The van der Waals surface area contributed by atoms with Crippen molar-refractivity contribution in [3.8, 4) is 0 Å². The molecular weight excluding hydrogens is 476 g/mol. The topological polar surface area (TPSA) is 46.2 Å². The van der Waals surface area contributed by atoms with Crippen LogP contribution in [0.4, 0.5) is 0 Å². The van der Waals surface area contributed by atoms with Crippen LogP contribution in [-0.4, -0.2) is 37.3 Å². The molecule has 1 fully saturated rings. The third kappa shape index (κ3) is 7.85. The minimum Gasteiger partial charge on any atom is -0.371 e. The molecule has 1 aliphatic rings. The molecule has 5 nitrogen and oxygen atoms in total. The van der Waals surface area contributed by atoms with E-state index in [2.05, 4.69) is 56.8 Å². The van der Waals surface area contributed by atoms with Crippen molar-refractivity contribution in [2.75, 3.05) is 6.61 Å². The van der Waals surface area contributed by atoms with Gasteiger partial charge >= 0.3 is 0 Å². The van der Waals surface area contributed by atoms with Gasteiger partial charge in [0, 0.05) is 5.92 Å². The molecule has 38 heavy (non-hydrogen) atoms. The lowest BCUT2D eigenvalue weighted by molar-refractivity contribution is -0.316. The van der Waals surface area contributed by atoms with Crippen LogP contribution in [0.1, 0.15) is 37.0 Å². The first-order valence-electron chi connectivity index (χ1n) is 13.5. The first-order valence-corrected chi connectivity index (χ1v) is 13.5. The van der Waals surface area contributed by atoms with Gasteiger partial charge < -0.3 is 23.7 Å². The lowest BCUT2D eigenvalue weighted by atomic mass is 9.86. The van der Waals surface area contributed by atoms with Crippen molar-refractivity contribution >= 4 is 0 Å². The first-order chi connectivity index (χ1) is 18.7. The van der Waals surface area contributed by atoms with E-state index in [9.17, 15) is 0 Å². The summed E-state index contributed by atoms with van der Waals surface area (Å²) in [5, 5.41) is 0. The summed E-state index contributed by atoms with van der Waals surface area (Å²) in [7, 11) is 0. The summed E-state index contributed by atoms with van der Waals surface area (Å²) in [6.45, 7) is 9.91. The van der Waals surface area contributed by atoms with Gasteiger partial charge in [-0.2, -0.15) is 0 Å². The van der Waals surface area contributed by atoms with Crippen LogP contribution in [0.3, 0.4) is 0 Å². The van der Waals surface area contributed by atoms with E-state index in [0.29, 0.717) is 26.4 Å². The molecule has 0 aliphatic carbocycles. The number of hydrogen-bond acceptors (Lipinski definition) is 5. The summed E-state index contributed by atoms with van der Waals surface area (Å²) >= 11 is 0. The maximum absolute atomic E-state index is 6.63. The number of rotatable bonds is 14. The summed E-state index contributed by atoms with van der Waals surface area (Å²) in [5.41, 5.74) is 3.33. The van der Waals surface area contributed by atoms with E-state index in [4.69, 9.17) is 23.7 Å². The average Bonchev–Trinajstić information content (AvgIpc) is 2.97. The Kier molecular flexibility index (Phi) is 11.1. The van der Waals surface area contributed by atoms with Crippen LogP contribution >= 0.6 is 0 Å². The van der Waals surface area contributed by atoms with E-state index in [1.165, 1.54) is 0 Å². The second kappa shape index (κ2) is 15.0. The molecule has 1 saturated heterocycles. The van der Waals surface area contributed by atoms with E-state index in [1.54, 1.807) is 6.08 Å². The second-order valence-corrected chi connectivity index (χ2v) is 9.72. The summed E-state index contributed by atoms with van der Waals surface area (Å²) in [6, 6.07) is 30.6. The Labute approximate surface area is 227 Å². The fourth-order valence-electron chi connectivity index (χ4n) is 4.90. The van der Waals surface area contributed by atoms with Crippen LogP contribution in [0.2, 0.25) is 0 Å². The van der Waals surface area contributed by atoms with Gasteiger partial charge in [0.2, 0.25) is 0 Å². The largest absolute Gasteiger partial charge is 0.371 e. The van der Waals surface area contributed by atoms with Gasteiger partial charge in [0.05, 0.1) is 44.7 Å². The van der Waals surface area contributed by atoms with E-state index in [-0.39, 0.29) is 24.2 Å². The van der Waals surface area contributed by atoms with Crippen LogP contribution in [0.5, 0.6) is 0 Å². The molecule has 6 atom stereocenters. The summed E-state index contributed by atoms with van der Waals surface area (Å²) in [6.07, 6.45) is 0.880. The molecule has 0 bridgehead atoms. The standard InChI is InChI=1S/C33H40O5/c1-4-21-34-33-32(37-24-28-19-13-8-14-20-28)31(36-23-27-17-11-7-12-18-27)25(3)30(38-33)29(5-2)35-22-26-15-9-6-10-16-26/h4,6-20,25,29-33H,1,5,21-24H2,2-3H3/t25-,29-,30+,31+,32+,33?/m1/s1. The fourth-order valence-corrected chi connectivity index (χ4v) is 4.90. The highest BCUT2D eigenvalue weighted by Crippen LogP contribution is 2.35. The quantitative estimate of drug-likeness (QED) is 0.223. The second-order valence-electron chi connectivity index (χ2n) is 9.72. The zero-order valence-corrected chi connectivity index (χ0v) is 22.5. The smallest absolute Gasteiger partial charge is 0.187 e. The van der Waals surface area contributed by atoms with Crippen LogP contribution < -0.4 is 0 Å². The Morgan fingerprint density at radius 1 is 0.737 bits per heavy atom. The van der Waals surface area contributed by atoms with Gasteiger partial charge in [-0.25, -0.2) is 0 Å². The normalized spacial score (nSPS) is 24.1. The van der Waals surface area contributed by atoms with Crippen molar-refractivity contribution in [2.24, 2.45) is 5.92 Å². The maximum Gasteiger partial charge on any atom is 0.187 e. The van der Waals surface area contributed by atoms with Crippen LogP contribution in [0.15, 0.2) is 104 Å². The van der Waals surface area contributed by atoms with E-state index >= 15 is 0 Å². The van der Waals surface area contributed by atoms with Gasteiger partial charge in [0.1, 0.15) is 6.10 Å². The minimum atomic E-state index is -0.618. The molecule has 1 unspecified atom stereocenters. The molecule has 0 aromatic heterocycles. The summed E-state index contributed by atoms with van der Waals surface area (Å²) in [4.78, 5) is 0. The highest BCUT2D eigenvalue weighted by molar-refractivity contribution is 5.15. The monoisotopic (exact) mass is 516 g/mol. The molecule has 0 spiro atoms. The molecule has 0 radical (unpaired) electrons. The van der Waals surface area contributed by atoms with Crippen LogP contribution in [0, 0.1) is 5.92 Å². The van der Waals surface area contributed by atoms with Crippen LogP contribution in [0.25, 0.3) is 0 Å². The number of hydrogen-bond donors (Lipinski definition) is 0. The maximum atomic E-state index is 6.63. The average molecular weight is 517 g/mol. The minimum absolute atomic E-state index is 0.00351. The zero-order valence-electron chi connectivity index (χ0n) is 22.5. The number of ether oxygens (including phenoxy) is 5. The van der Waals surface area contributed by atoms with Gasteiger partial charge in [-0.3, -0.25) is 0 Å². The predicted molar refractivity (Wildman–Crippen MR) is 149 cm³/mol. The Hall–Kier alpha value is -2.80.